The number of hydrogen-bond donors (Lipinski definition) is 2. The van der Waals surface area contributed by atoms with Crippen LogP contribution >= 0.6 is 0 Å². The summed E-state index contributed by atoms with van der Waals surface area (Å²) in [4.78, 5) is 24.3. The molecule has 0 aliphatic heterocycles. The Kier molecular flexibility index (Phi) is 5.51. The first kappa shape index (κ1) is 16.7. The van der Waals surface area contributed by atoms with Crippen LogP contribution in [0.4, 0.5) is 0 Å². The van der Waals surface area contributed by atoms with E-state index >= 15 is 0 Å². The molecule has 0 aliphatic carbocycles. The van der Waals surface area contributed by atoms with Gasteiger partial charge in [-0.15, -0.1) is 0 Å². The number of nitrogens with one attached hydrogen (secondary N) is 2. The van der Waals surface area contributed by atoms with Gasteiger partial charge in [-0.3, -0.25) is 9.89 Å². The SMILES string of the molecule is COC(=O)C(NC(=O)c1cc(CC(C)C)[nH]n1)c1ccccc1. The first-order chi connectivity index (χ1) is 11.0. The molecular weight excluding hydrogens is 294 g/mol. The zero-order valence-corrected chi connectivity index (χ0v) is 13.5. The predicted octanol–water partition coefficient (Wildman–Crippen LogP) is 2.25. The molecule has 0 fully saturated rings. The second kappa shape index (κ2) is 7.58. The number of aromatic nitrogens is 2. The van der Waals surface area contributed by atoms with Gasteiger partial charge < -0.3 is 10.1 Å². The van der Waals surface area contributed by atoms with Crippen molar-refractivity contribution < 1.29 is 14.3 Å². The zero-order chi connectivity index (χ0) is 16.8. The molecule has 6 nitrogen and oxygen atoms in total. The number of aromatic amines is 1. The minimum absolute atomic E-state index is 0.255. The van der Waals surface area contributed by atoms with Gasteiger partial charge in [0, 0.05) is 5.69 Å². The van der Waals surface area contributed by atoms with Gasteiger partial charge in [0.2, 0.25) is 0 Å². The lowest BCUT2D eigenvalue weighted by atomic mass is 10.1. The van der Waals surface area contributed by atoms with E-state index in [9.17, 15) is 9.59 Å². The number of carbonyl (C=O) groups is 2. The first-order valence-corrected chi connectivity index (χ1v) is 7.49. The molecule has 1 aromatic heterocycles. The van der Waals surface area contributed by atoms with Crippen LogP contribution in [0.1, 0.15) is 41.6 Å². The van der Waals surface area contributed by atoms with Crippen LogP contribution in [0.5, 0.6) is 0 Å². The van der Waals surface area contributed by atoms with Gasteiger partial charge in [-0.05, 0) is 24.0 Å². The number of carbonyl (C=O) groups excluding carboxylic acids is 2. The zero-order valence-electron chi connectivity index (χ0n) is 13.5. The molecule has 0 bridgehead atoms. The average molecular weight is 315 g/mol. The average Bonchev–Trinajstić information content (AvgIpc) is 3.00. The van der Waals surface area contributed by atoms with Gasteiger partial charge >= 0.3 is 5.97 Å². The van der Waals surface area contributed by atoms with Gasteiger partial charge in [-0.1, -0.05) is 44.2 Å². The van der Waals surface area contributed by atoms with Crippen molar-refractivity contribution in [2.24, 2.45) is 5.92 Å². The van der Waals surface area contributed by atoms with Crippen molar-refractivity contribution in [3.8, 4) is 0 Å². The maximum Gasteiger partial charge on any atom is 0.333 e. The number of ether oxygens (including phenoxy) is 1. The molecule has 0 saturated heterocycles. The van der Waals surface area contributed by atoms with Gasteiger partial charge in [0.05, 0.1) is 7.11 Å². The maximum atomic E-state index is 12.3. The molecule has 23 heavy (non-hydrogen) atoms. The lowest BCUT2D eigenvalue weighted by Gasteiger charge is -2.16. The molecule has 1 aromatic carbocycles. The molecule has 2 rings (SSSR count). The van der Waals surface area contributed by atoms with E-state index in [1.54, 1.807) is 30.3 Å². The summed E-state index contributed by atoms with van der Waals surface area (Å²) in [5.74, 6) is -0.489. The summed E-state index contributed by atoms with van der Waals surface area (Å²) in [6.45, 7) is 4.17. The Hall–Kier alpha value is -2.63. The van der Waals surface area contributed by atoms with Crippen molar-refractivity contribution in [2.75, 3.05) is 7.11 Å². The molecule has 1 unspecified atom stereocenters. The third-order valence-electron chi connectivity index (χ3n) is 3.34. The van der Waals surface area contributed by atoms with E-state index in [1.807, 2.05) is 6.07 Å². The van der Waals surface area contributed by atoms with Gasteiger partial charge in [0.15, 0.2) is 6.04 Å². The van der Waals surface area contributed by atoms with Gasteiger partial charge in [0.25, 0.3) is 5.91 Å². The van der Waals surface area contributed by atoms with Crippen LogP contribution in [0.2, 0.25) is 0 Å². The van der Waals surface area contributed by atoms with Crippen molar-refractivity contribution in [1.29, 1.82) is 0 Å². The number of methoxy groups -OCH3 is 1. The van der Waals surface area contributed by atoms with E-state index in [1.165, 1.54) is 7.11 Å². The Morgan fingerprint density at radius 3 is 2.57 bits per heavy atom. The topological polar surface area (TPSA) is 84.1 Å². The van der Waals surface area contributed by atoms with Crippen molar-refractivity contribution in [2.45, 2.75) is 26.3 Å². The number of amides is 1. The monoisotopic (exact) mass is 315 g/mol. The molecule has 2 N–H and O–H groups in total. The van der Waals surface area contributed by atoms with Crippen LogP contribution in [0.15, 0.2) is 36.4 Å². The fraction of sp³-hybridized carbons (Fsp3) is 0.353. The molecule has 2 aromatic rings. The van der Waals surface area contributed by atoms with Crippen LogP contribution in [0.25, 0.3) is 0 Å². The first-order valence-electron chi connectivity index (χ1n) is 7.49. The van der Waals surface area contributed by atoms with Crippen molar-refractivity contribution in [3.05, 3.63) is 53.3 Å². The normalized spacial score (nSPS) is 12.0. The second-order valence-electron chi connectivity index (χ2n) is 5.72. The molecule has 1 atom stereocenters. The Bertz CT molecular complexity index is 665. The molecule has 0 aliphatic rings. The summed E-state index contributed by atoms with van der Waals surface area (Å²) < 4.78 is 4.78. The Labute approximate surface area is 135 Å². The third kappa shape index (κ3) is 4.42. The maximum absolute atomic E-state index is 12.3. The Morgan fingerprint density at radius 2 is 1.96 bits per heavy atom. The summed E-state index contributed by atoms with van der Waals surface area (Å²) in [5.41, 5.74) is 1.80. The summed E-state index contributed by atoms with van der Waals surface area (Å²) >= 11 is 0. The molecule has 0 radical (unpaired) electrons. The minimum atomic E-state index is -0.862. The van der Waals surface area contributed by atoms with E-state index < -0.39 is 17.9 Å². The van der Waals surface area contributed by atoms with Gasteiger partial charge in [0.1, 0.15) is 5.69 Å². The number of benzene rings is 1. The smallest absolute Gasteiger partial charge is 0.333 e. The lowest BCUT2D eigenvalue weighted by Crippen LogP contribution is -2.34. The standard InChI is InChI=1S/C17H21N3O3/c1-11(2)9-13-10-14(20-19-13)16(21)18-15(17(22)23-3)12-7-5-4-6-8-12/h4-8,10-11,15H,9H2,1-3H3,(H,18,21)(H,19,20). The van der Waals surface area contributed by atoms with Gasteiger partial charge in [-0.2, -0.15) is 5.10 Å². The van der Waals surface area contributed by atoms with Crippen LogP contribution in [-0.2, 0) is 16.0 Å². The molecule has 6 heteroatoms. The molecule has 0 saturated carbocycles. The summed E-state index contributed by atoms with van der Waals surface area (Å²) in [6.07, 6.45) is 0.805. The van der Waals surface area contributed by atoms with E-state index in [-0.39, 0.29) is 5.69 Å². The molecule has 1 amide bonds. The van der Waals surface area contributed by atoms with Crippen molar-refractivity contribution >= 4 is 11.9 Å². The highest BCUT2D eigenvalue weighted by Gasteiger charge is 2.25. The lowest BCUT2D eigenvalue weighted by molar-refractivity contribution is -0.143. The fourth-order valence-electron chi connectivity index (χ4n) is 2.27. The molecule has 1 heterocycles. The Balaban J connectivity index is 2.14. The second-order valence-corrected chi connectivity index (χ2v) is 5.72. The largest absolute Gasteiger partial charge is 0.467 e. The molecular formula is C17H21N3O3. The number of hydrogen-bond acceptors (Lipinski definition) is 4. The molecule has 122 valence electrons. The van der Waals surface area contributed by atoms with E-state index in [2.05, 4.69) is 29.4 Å². The van der Waals surface area contributed by atoms with Crippen LogP contribution in [0.3, 0.4) is 0 Å². The highest BCUT2D eigenvalue weighted by molar-refractivity contribution is 5.95. The van der Waals surface area contributed by atoms with Crippen molar-refractivity contribution in [1.82, 2.24) is 15.5 Å². The quantitative estimate of drug-likeness (QED) is 0.801. The summed E-state index contributed by atoms with van der Waals surface area (Å²) in [5, 5.41) is 9.53. The number of esters is 1. The highest BCUT2D eigenvalue weighted by Crippen LogP contribution is 2.15. The van der Waals surface area contributed by atoms with Crippen LogP contribution in [-0.4, -0.2) is 29.2 Å². The fourth-order valence-corrected chi connectivity index (χ4v) is 2.27. The van der Waals surface area contributed by atoms with E-state index in [0.29, 0.717) is 11.5 Å². The van der Waals surface area contributed by atoms with Crippen LogP contribution < -0.4 is 5.32 Å². The van der Waals surface area contributed by atoms with Crippen LogP contribution in [0, 0.1) is 5.92 Å². The molecule has 0 spiro atoms. The number of rotatable bonds is 6. The van der Waals surface area contributed by atoms with E-state index in [4.69, 9.17) is 4.74 Å². The Morgan fingerprint density at radius 1 is 1.26 bits per heavy atom. The summed E-state index contributed by atoms with van der Waals surface area (Å²) in [7, 11) is 1.29. The van der Waals surface area contributed by atoms with E-state index in [0.717, 1.165) is 12.1 Å². The highest BCUT2D eigenvalue weighted by atomic mass is 16.5. The number of H-pyrrole nitrogens is 1. The third-order valence-corrected chi connectivity index (χ3v) is 3.34. The summed E-state index contributed by atoms with van der Waals surface area (Å²) in [6, 6.07) is 9.80. The van der Waals surface area contributed by atoms with Gasteiger partial charge in [-0.25, -0.2) is 4.79 Å². The predicted molar refractivity (Wildman–Crippen MR) is 85.8 cm³/mol. The van der Waals surface area contributed by atoms with Crippen molar-refractivity contribution in [3.63, 3.8) is 0 Å². The minimum Gasteiger partial charge on any atom is -0.467 e. The number of nitrogens with zero attached hydrogens (tertiary/aromatic N) is 1.